The molecule has 1 aromatic carbocycles. The average Bonchev–Trinajstić information content (AvgIpc) is 2.88. The van der Waals surface area contributed by atoms with Crippen LogP contribution in [0, 0.1) is 6.92 Å². The van der Waals surface area contributed by atoms with Crippen molar-refractivity contribution in [2.24, 2.45) is 7.05 Å². The molecule has 0 aliphatic carbocycles. The van der Waals surface area contributed by atoms with Crippen LogP contribution in [0.3, 0.4) is 0 Å². The van der Waals surface area contributed by atoms with Crippen molar-refractivity contribution in [1.82, 2.24) is 9.88 Å². The summed E-state index contributed by atoms with van der Waals surface area (Å²) in [4.78, 5) is 26.3. The summed E-state index contributed by atoms with van der Waals surface area (Å²) in [5.74, 6) is -0.907. The van der Waals surface area contributed by atoms with Gasteiger partial charge in [-0.15, -0.1) is 0 Å². The van der Waals surface area contributed by atoms with Crippen LogP contribution in [0.5, 0.6) is 0 Å². The highest BCUT2D eigenvalue weighted by Crippen LogP contribution is 2.22. The van der Waals surface area contributed by atoms with Crippen LogP contribution in [-0.4, -0.2) is 21.5 Å². The van der Waals surface area contributed by atoms with Crippen LogP contribution < -0.4 is 10.2 Å². The van der Waals surface area contributed by atoms with Crippen molar-refractivity contribution in [3.63, 3.8) is 0 Å². The molecule has 0 saturated carbocycles. The predicted molar refractivity (Wildman–Crippen MR) is 92.8 cm³/mol. The van der Waals surface area contributed by atoms with E-state index < -0.39 is 11.8 Å². The minimum Gasteiger partial charge on any atom is -0.351 e. The fraction of sp³-hybridized carbons (Fsp3) is 0.118. The van der Waals surface area contributed by atoms with Crippen molar-refractivity contribution in [2.45, 2.75) is 6.92 Å². The topological polar surface area (TPSA) is 54.3 Å². The highest BCUT2D eigenvalue weighted by atomic mass is 32.1. The normalized spacial score (nSPS) is 16.9. The zero-order chi connectivity index (χ0) is 16.6. The molecule has 6 heteroatoms. The number of hydrogen-bond donors (Lipinski definition) is 1. The molecule has 0 radical (unpaired) electrons. The fourth-order valence-electron chi connectivity index (χ4n) is 2.43. The molecular weight excluding hydrogens is 310 g/mol. The fourth-order valence-corrected chi connectivity index (χ4v) is 2.71. The maximum absolute atomic E-state index is 12.8. The molecule has 116 valence electrons. The van der Waals surface area contributed by atoms with Gasteiger partial charge in [-0.3, -0.25) is 19.8 Å². The number of hydrogen-bond acceptors (Lipinski definition) is 3. The highest BCUT2D eigenvalue weighted by molar-refractivity contribution is 7.80. The Labute approximate surface area is 139 Å². The van der Waals surface area contributed by atoms with E-state index in [2.05, 4.69) is 5.32 Å². The van der Waals surface area contributed by atoms with Crippen molar-refractivity contribution in [2.75, 3.05) is 4.90 Å². The lowest BCUT2D eigenvalue weighted by Crippen LogP contribution is -2.54. The largest absolute Gasteiger partial charge is 0.351 e. The van der Waals surface area contributed by atoms with Crippen molar-refractivity contribution in [1.29, 1.82) is 0 Å². The molecular formula is C17H15N3O2S. The van der Waals surface area contributed by atoms with Crippen LogP contribution >= 0.6 is 12.2 Å². The second kappa shape index (κ2) is 5.81. The molecule has 2 amide bonds. The molecule has 2 heterocycles. The summed E-state index contributed by atoms with van der Waals surface area (Å²) in [6, 6.07) is 11.1. The molecule has 1 aliphatic rings. The number of amides is 2. The van der Waals surface area contributed by atoms with E-state index >= 15 is 0 Å². The van der Waals surface area contributed by atoms with E-state index in [4.69, 9.17) is 12.2 Å². The Morgan fingerprint density at radius 3 is 2.61 bits per heavy atom. The monoisotopic (exact) mass is 325 g/mol. The summed E-state index contributed by atoms with van der Waals surface area (Å²) >= 11 is 5.17. The minimum absolute atomic E-state index is 0.0573. The maximum Gasteiger partial charge on any atom is 0.270 e. The van der Waals surface area contributed by atoms with Crippen LogP contribution in [0.2, 0.25) is 0 Å². The minimum atomic E-state index is -0.481. The molecule has 1 aliphatic heterocycles. The van der Waals surface area contributed by atoms with Crippen LogP contribution in [0.1, 0.15) is 11.3 Å². The predicted octanol–water partition coefficient (Wildman–Crippen LogP) is 2.16. The number of aryl methyl sites for hydroxylation is 2. The van der Waals surface area contributed by atoms with Gasteiger partial charge in [0.2, 0.25) is 0 Å². The quantitative estimate of drug-likeness (QED) is 0.523. The van der Waals surface area contributed by atoms with E-state index in [0.717, 1.165) is 11.3 Å². The highest BCUT2D eigenvalue weighted by Gasteiger charge is 2.34. The molecule has 0 bridgehead atoms. The number of nitrogens with zero attached hydrogens (tertiary/aromatic N) is 2. The van der Waals surface area contributed by atoms with Crippen molar-refractivity contribution < 1.29 is 9.59 Å². The standard InChI is InChI=1S/C17H15N3O2S/c1-11-5-3-6-13(9-11)20-16(22)14(15(21)18-17(20)23)10-12-7-4-8-19(12)2/h3-10H,1-2H3,(H,18,21,23). The third-order valence-electron chi connectivity index (χ3n) is 3.64. The number of carbonyl (C=O) groups is 2. The molecule has 5 nitrogen and oxygen atoms in total. The van der Waals surface area contributed by atoms with Gasteiger partial charge in [0.25, 0.3) is 11.8 Å². The zero-order valence-electron chi connectivity index (χ0n) is 12.7. The van der Waals surface area contributed by atoms with Crippen molar-refractivity contribution in [3.05, 3.63) is 59.4 Å². The number of nitrogens with one attached hydrogen (secondary N) is 1. The van der Waals surface area contributed by atoms with Crippen LogP contribution in [0.25, 0.3) is 6.08 Å². The first-order valence-electron chi connectivity index (χ1n) is 7.07. The van der Waals surface area contributed by atoms with Gasteiger partial charge < -0.3 is 4.57 Å². The van der Waals surface area contributed by atoms with Gasteiger partial charge >= 0.3 is 0 Å². The second-order valence-electron chi connectivity index (χ2n) is 5.34. The third-order valence-corrected chi connectivity index (χ3v) is 3.92. The Kier molecular flexibility index (Phi) is 3.83. The van der Waals surface area contributed by atoms with Gasteiger partial charge in [-0.2, -0.15) is 0 Å². The number of benzene rings is 1. The lowest BCUT2D eigenvalue weighted by atomic mass is 10.1. The SMILES string of the molecule is Cc1cccc(N2C(=O)C(=Cc3cccn3C)C(=O)NC2=S)c1. The Balaban J connectivity index is 2.04. The zero-order valence-corrected chi connectivity index (χ0v) is 13.6. The number of aromatic nitrogens is 1. The summed E-state index contributed by atoms with van der Waals surface area (Å²) in [7, 11) is 1.85. The Bertz CT molecular complexity index is 851. The molecule has 1 saturated heterocycles. The number of carbonyl (C=O) groups excluding carboxylic acids is 2. The van der Waals surface area contributed by atoms with Gasteiger partial charge in [0.15, 0.2) is 5.11 Å². The summed E-state index contributed by atoms with van der Waals surface area (Å²) in [5.41, 5.74) is 2.46. The summed E-state index contributed by atoms with van der Waals surface area (Å²) in [6.07, 6.45) is 3.42. The van der Waals surface area contributed by atoms with Gasteiger partial charge in [0.05, 0.1) is 5.69 Å². The second-order valence-corrected chi connectivity index (χ2v) is 5.73. The molecule has 1 fully saturated rings. The molecule has 0 spiro atoms. The Morgan fingerprint density at radius 2 is 1.96 bits per heavy atom. The van der Waals surface area contributed by atoms with Crippen molar-refractivity contribution in [3.8, 4) is 0 Å². The van der Waals surface area contributed by atoms with E-state index in [1.807, 2.05) is 55.1 Å². The summed E-state index contributed by atoms with van der Waals surface area (Å²) in [6.45, 7) is 1.93. The lowest BCUT2D eigenvalue weighted by molar-refractivity contribution is -0.122. The first kappa shape index (κ1) is 15.2. The van der Waals surface area contributed by atoms with Gasteiger partial charge in [-0.25, -0.2) is 0 Å². The first-order valence-corrected chi connectivity index (χ1v) is 7.47. The van der Waals surface area contributed by atoms with Crippen LogP contribution in [0.4, 0.5) is 5.69 Å². The van der Waals surface area contributed by atoms with Gasteiger partial charge in [-0.05, 0) is 55.0 Å². The van der Waals surface area contributed by atoms with Gasteiger partial charge in [0, 0.05) is 18.9 Å². The van der Waals surface area contributed by atoms with E-state index in [1.165, 1.54) is 4.90 Å². The van der Waals surface area contributed by atoms with Crippen molar-refractivity contribution >= 4 is 40.9 Å². The summed E-state index contributed by atoms with van der Waals surface area (Å²) in [5, 5.41) is 2.67. The molecule has 3 rings (SSSR count). The molecule has 1 N–H and O–H groups in total. The molecule has 23 heavy (non-hydrogen) atoms. The molecule has 0 atom stereocenters. The Hall–Kier alpha value is -2.73. The molecule has 2 aromatic rings. The van der Waals surface area contributed by atoms with Crippen LogP contribution in [-0.2, 0) is 16.6 Å². The number of anilines is 1. The molecule has 1 aromatic heterocycles. The first-order chi connectivity index (χ1) is 11.0. The number of rotatable bonds is 2. The Morgan fingerprint density at radius 1 is 1.17 bits per heavy atom. The summed E-state index contributed by atoms with van der Waals surface area (Å²) < 4.78 is 1.83. The average molecular weight is 325 g/mol. The van der Waals surface area contributed by atoms with Crippen LogP contribution in [0.15, 0.2) is 48.2 Å². The van der Waals surface area contributed by atoms with Gasteiger partial charge in [0.1, 0.15) is 5.57 Å². The van der Waals surface area contributed by atoms with E-state index in [1.54, 1.807) is 12.1 Å². The number of thiocarbonyl (C=S) groups is 1. The maximum atomic E-state index is 12.8. The smallest absolute Gasteiger partial charge is 0.270 e. The van der Waals surface area contributed by atoms with E-state index in [0.29, 0.717) is 5.69 Å². The molecule has 0 unspecified atom stereocenters. The lowest BCUT2D eigenvalue weighted by Gasteiger charge is -2.29. The van der Waals surface area contributed by atoms with Gasteiger partial charge in [-0.1, -0.05) is 12.1 Å². The van der Waals surface area contributed by atoms with E-state index in [9.17, 15) is 9.59 Å². The van der Waals surface area contributed by atoms with E-state index in [-0.39, 0.29) is 10.7 Å². The third kappa shape index (κ3) is 2.80.